The Bertz CT molecular complexity index is 825. The number of aromatic nitrogens is 1. The van der Waals surface area contributed by atoms with E-state index in [1.54, 1.807) is 13.3 Å². The lowest BCUT2D eigenvalue weighted by molar-refractivity contribution is -0.118. The van der Waals surface area contributed by atoms with Gasteiger partial charge in [0.15, 0.2) is 5.58 Å². The minimum absolute atomic E-state index is 0.0432. The van der Waals surface area contributed by atoms with E-state index in [9.17, 15) is 4.79 Å². The van der Waals surface area contributed by atoms with Gasteiger partial charge in [0.25, 0.3) is 0 Å². The number of benzene rings is 1. The van der Waals surface area contributed by atoms with Crippen molar-refractivity contribution in [3.05, 3.63) is 48.2 Å². The summed E-state index contributed by atoms with van der Waals surface area (Å²) >= 11 is 0. The van der Waals surface area contributed by atoms with Gasteiger partial charge < -0.3 is 14.5 Å². The monoisotopic (exact) mass is 310 g/mol. The molecular weight excluding hydrogens is 292 g/mol. The van der Waals surface area contributed by atoms with Gasteiger partial charge in [0.1, 0.15) is 5.76 Å². The van der Waals surface area contributed by atoms with Gasteiger partial charge in [-0.05, 0) is 6.42 Å². The summed E-state index contributed by atoms with van der Waals surface area (Å²) in [6.07, 6.45) is 2.34. The normalized spacial score (nSPS) is 10.7. The van der Waals surface area contributed by atoms with Crippen LogP contribution < -0.4 is 10.1 Å². The second-order valence-corrected chi connectivity index (χ2v) is 5.23. The van der Waals surface area contributed by atoms with Crippen LogP contribution in [-0.4, -0.2) is 24.5 Å². The smallest absolute Gasteiger partial charge is 0.216 e. The fraction of sp³-hybridized carbons (Fsp3) is 0.222. The molecule has 0 bridgehead atoms. The molecule has 0 aliphatic heterocycles. The number of carbonyl (C=O) groups excluding carboxylic acids is 1. The summed E-state index contributed by atoms with van der Waals surface area (Å²) in [5.74, 6) is 1.30. The van der Waals surface area contributed by atoms with E-state index in [1.807, 2.05) is 36.4 Å². The lowest BCUT2D eigenvalue weighted by Gasteiger charge is -2.05. The molecule has 0 atom stereocenters. The standard InChI is InChI=1S/C18H18N2O3/c1-12(21)19-9-8-14-15-10-17(22-2)20-11-16(15)23-18(14)13-6-4-3-5-7-13/h3-7,10-11H,8-9H2,1-2H3,(H,19,21). The van der Waals surface area contributed by atoms with Crippen molar-refractivity contribution >= 4 is 16.9 Å². The van der Waals surface area contributed by atoms with Crippen LogP contribution in [0.1, 0.15) is 12.5 Å². The van der Waals surface area contributed by atoms with Crippen LogP contribution in [0, 0.1) is 0 Å². The Balaban J connectivity index is 2.08. The Morgan fingerprint density at radius 2 is 2.09 bits per heavy atom. The van der Waals surface area contributed by atoms with Crippen molar-refractivity contribution in [2.75, 3.05) is 13.7 Å². The van der Waals surface area contributed by atoms with E-state index in [-0.39, 0.29) is 5.91 Å². The minimum atomic E-state index is -0.0432. The third kappa shape index (κ3) is 3.18. The van der Waals surface area contributed by atoms with Crippen molar-refractivity contribution in [1.82, 2.24) is 10.3 Å². The van der Waals surface area contributed by atoms with E-state index in [1.165, 1.54) is 6.92 Å². The third-order valence-electron chi connectivity index (χ3n) is 3.65. The van der Waals surface area contributed by atoms with Crippen LogP contribution in [0.5, 0.6) is 5.88 Å². The number of rotatable bonds is 5. The van der Waals surface area contributed by atoms with Crippen LogP contribution in [0.25, 0.3) is 22.3 Å². The number of amides is 1. The predicted molar refractivity (Wildman–Crippen MR) is 88.4 cm³/mol. The second-order valence-electron chi connectivity index (χ2n) is 5.23. The molecule has 0 aliphatic rings. The molecule has 0 aliphatic carbocycles. The summed E-state index contributed by atoms with van der Waals surface area (Å²) in [5, 5.41) is 3.79. The Kier molecular flexibility index (Phi) is 4.28. The molecule has 3 rings (SSSR count). The summed E-state index contributed by atoms with van der Waals surface area (Å²) in [5.41, 5.74) is 2.75. The number of nitrogens with zero attached hydrogens (tertiary/aromatic N) is 1. The first kappa shape index (κ1) is 15.1. The van der Waals surface area contributed by atoms with Crippen molar-refractivity contribution in [3.63, 3.8) is 0 Å². The Morgan fingerprint density at radius 3 is 2.78 bits per heavy atom. The molecule has 3 aromatic rings. The first-order valence-corrected chi connectivity index (χ1v) is 7.44. The molecule has 5 nitrogen and oxygen atoms in total. The number of ether oxygens (including phenoxy) is 1. The molecule has 2 aromatic heterocycles. The van der Waals surface area contributed by atoms with E-state index < -0.39 is 0 Å². The number of hydrogen-bond donors (Lipinski definition) is 1. The SMILES string of the molecule is COc1cc2c(CCNC(C)=O)c(-c3ccccc3)oc2cn1. The van der Waals surface area contributed by atoms with Crippen molar-refractivity contribution in [3.8, 4) is 17.2 Å². The average Bonchev–Trinajstić information content (AvgIpc) is 2.93. The molecular formula is C18H18N2O3. The second kappa shape index (κ2) is 6.52. The number of methoxy groups -OCH3 is 1. The van der Waals surface area contributed by atoms with Gasteiger partial charge in [-0.2, -0.15) is 0 Å². The Labute approximate surface area is 134 Å². The van der Waals surface area contributed by atoms with Gasteiger partial charge >= 0.3 is 0 Å². The minimum Gasteiger partial charge on any atom is -0.481 e. The van der Waals surface area contributed by atoms with Gasteiger partial charge in [-0.1, -0.05) is 30.3 Å². The highest BCUT2D eigenvalue weighted by molar-refractivity contribution is 5.88. The zero-order valence-corrected chi connectivity index (χ0v) is 13.1. The molecule has 0 radical (unpaired) electrons. The third-order valence-corrected chi connectivity index (χ3v) is 3.65. The summed E-state index contributed by atoms with van der Waals surface area (Å²) in [4.78, 5) is 15.3. The van der Waals surface area contributed by atoms with Gasteiger partial charge in [-0.15, -0.1) is 0 Å². The molecule has 0 saturated carbocycles. The van der Waals surface area contributed by atoms with E-state index in [2.05, 4.69) is 10.3 Å². The quantitative estimate of drug-likeness (QED) is 0.786. The van der Waals surface area contributed by atoms with Crippen LogP contribution in [0.15, 0.2) is 47.0 Å². The van der Waals surface area contributed by atoms with E-state index in [0.29, 0.717) is 24.4 Å². The maximum Gasteiger partial charge on any atom is 0.216 e. The van der Waals surface area contributed by atoms with Crippen molar-refractivity contribution < 1.29 is 13.9 Å². The zero-order valence-electron chi connectivity index (χ0n) is 13.1. The van der Waals surface area contributed by atoms with Crippen LogP contribution in [0.2, 0.25) is 0 Å². The van der Waals surface area contributed by atoms with Crippen LogP contribution >= 0.6 is 0 Å². The highest BCUT2D eigenvalue weighted by atomic mass is 16.5. The average molecular weight is 310 g/mol. The summed E-state index contributed by atoms with van der Waals surface area (Å²) in [6, 6.07) is 11.8. The van der Waals surface area contributed by atoms with E-state index in [0.717, 1.165) is 22.3 Å². The lowest BCUT2D eigenvalue weighted by atomic mass is 10.0. The molecule has 1 N–H and O–H groups in total. The largest absolute Gasteiger partial charge is 0.481 e. The Morgan fingerprint density at radius 1 is 1.30 bits per heavy atom. The van der Waals surface area contributed by atoms with Gasteiger partial charge in [0.05, 0.1) is 13.3 Å². The number of nitrogens with one attached hydrogen (secondary N) is 1. The molecule has 118 valence electrons. The van der Waals surface area contributed by atoms with Crippen LogP contribution in [0.3, 0.4) is 0 Å². The first-order chi connectivity index (χ1) is 11.2. The fourth-order valence-corrected chi connectivity index (χ4v) is 2.58. The van der Waals surface area contributed by atoms with E-state index in [4.69, 9.17) is 9.15 Å². The molecule has 5 heteroatoms. The van der Waals surface area contributed by atoms with E-state index >= 15 is 0 Å². The van der Waals surface area contributed by atoms with Crippen molar-refractivity contribution in [1.29, 1.82) is 0 Å². The molecule has 0 unspecified atom stereocenters. The zero-order chi connectivity index (χ0) is 16.2. The highest BCUT2D eigenvalue weighted by Crippen LogP contribution is 2.34. The summed E-state index contributed by atoms with van der Waals surface area (Å²) < 4.78 is 11.2. The summed E-state index contributed by atoms with van der Waals surface area (Å²) in [7, 11) is 1.59. The molecule has 2 heterocycles. The maximum absolute atomic E-state index is 11.1. The predicted octanol–water partition coefficient (Wildman–Crippen LogP) is 3.18. The van der Waals surface area contributed by atoms with Crippen LogP contribution in [0.4, 0.5) is 0 Å². The molecule has 0 saturated heterocycles. The van der Waals surface area contributed by atoms with Crippen LogP contribution in [-0.2, 0) is 11.2 Å². The van der Waals surface area contributed by atoms with Crippen molar-refractivity contribution in [2.24, 2.45) is 0 Å². The van der Waals surface area contributed by atoms with Gasteiger partial charge in [-0.25, -0.2) is 4.98 Å². The molecule has 0 spiro atoms. The van der Waals surface area contributed by atoms with Gasteiger partial charge in [0, 0.05) is 36.0 Å². The topological polar surface area (TPSA) is 64.4 Å². The lowest BCUT2D eigenvalue weighted by Crippen LogP contribution is -2.22. The molecule has 23 heavy (non-hydrogen) atoms. The molecule has 1 amide bonds. The first-order valence-electron chi connectivity index (χ1n) is 7.44. The molecule has 0 fully saturated rings. The van der Waals surface area contributed by atoms with Gasteiger partial charge in [0.2, 0.25) is 11.8 Å². The fourth-order valence-electron chi connectivity index (χ4n) is 2.58. The number of fused-ring (bicyclic) bond motifs is 1. The van der Waals surface area contributed by atoms with Gasteiger partial charge in [-0.3, -0.25) is 4.79 Å². The number of furan rings is 1. The number of hydrogen-bond acceptors (Lipinski definition) is 4. The highest BCUT2D eigenvalue weighted by Gasteiger charge is 2.17. The Hall–Kier alpha value is -2.82. The maximum atomic E-state index is 11.1. The molecule has 1 aromatic carbocycles. The van der Waals surface area contributed by atoms with Crippen molar-refractivity contribution in [2.45, 2.75) is 13.3 Å². The number of pyridine rings is 1. The summed E-state index contributed by atoms with van der Waals surface area (Å²) in [6.45, 7) is 2.06. The number of carbonyl (C=O) groups is 1.